The summed E-state index contributed by atoms with van der Waals surface area (Å²) in [7, 11) is 1.67. The fraction of sp³-hybridized carbons (Fsp3) is 0.333. The standard InChI is InChI=1S/C21H24N4O/c1-26-19-10-8-17(9-11-19)20-22-21(24-23-20)18-7-5-6-16(14-18)15-25-12-3-2-4-13-25/h5-11,14H,2-4,12-13,15H2,1H3,(H,22,23,24). The van der Waals surface area contributed by atoms with Crippen LogP contribution >= 0.6 is 0 Å². The molecule has 0 atom stereocenters. The topological polar surface area (TPSA) is 54.0 Å². The number of H-pyrrole nitrogens is 1. The molecule has 1 aliphatic heterocycles. The van der Waals surface area contributed by atoms with Crippen LogP contribution in [0.2, 0.25) is 0 Å². The van der Waals surface area contributed by atoms with Crippen LogP contribution in [-0.2, 0) is 6.54 Å². The van der Waals surface area contributed by atoms with Gasteiger partial charge in [-0.05, 0) is 61.8 Å². The maximum atomic E-state index is 5.20. The summed E-state index contributed by atoms with van der Waals surface area (Å²) in [4.78, 5) is 7.20. The van der Waals surface area contributed by atoms with Crippen molar-refractivity contribution in [2.24, 2.45) is 0 Å². The molecule has 1 aliphatic rings. The molecule has 1 aromatic heterocycles. The molecule has 26 heavy (non-hydrogen) atoms. The van der Waals surface area contributed by atoms with E-state index >= 15 is 0 Å². The van der Waals surface area contributed by atoms with E-state index < -0.39 is 0 Å². The molecule has 2 aromatic carbocycles. The zero-order valence-corrected chi connectivity index (χ0v) is 15.1. The Morgan fingerprint density at radius 2 is 1.81 bits per heavy atom. The summed E-state index contributed by atoms with van der Waals surface area (Å²) in [5.41, 5.74) is 3.37. The predicted octanol–water partition coefficient (Wildman–Crippen LogP) is 4.13. The van der Waals surface area contributed by atoms with Crippen molar-refractivity contribution in [1.29, 1.82) is 0 Å². The Morgan fingerprint density at radius 1 is 1.00 bits per heavy atom. The quantitative estimate of drug-likeness (QED) is 0.753. The van der Waals surface area contributed by atoms with Gasteiger partial charge in [-0.15, -0.1) is 0 Å². The zero-order valence-electron chi connectivity index (χ0n) is 15.1. The maximum absolute atomic E-state index is 5.20. The van der Waals surface area contributed by atoms with Crippen LogP contribution in [0.3, 0.4) is 0 Å². The van der Waals surface area contributed by atoms with E-state index in [-0.39, 0.29) is 0 Å². The van der Waals surface area contributed by atoms with Crippen LogP contribution in [0.25, 0.3) is 22.8 Å². The van der Waals surface area contributed by atoms with Crippen LogP contribution in [-0.4, -0.2) is 40.3 Å². The van der Waals surface area contributed by atoms with Crippen molar-refractivity contribution >= 4 is 0 Å². The Bertz CT molecular complexity index is 850. The van der Waals surface area contributed by atoms with Crippen molar-refractivity contribution in [3.8, 4) is 28.5 Å². The molecule has 0 amide bonds. The summed E-state index contributed by atoms with van der Waals surface area (Å²) in [5.74, 6) is 2.33. The number of nitrogens with zero attached hydrogens (tertiary/aromatic N) is 3. The zero-order chi connectivity index (χ0) is 17.8. The summed E-state index contributed by atoms with van der Waals surface area (Å²) in [6, 6.07) is 16.4. The molecule has 3 aromatic rings. The van der Waals surface area contributed by atoms with Crippen molar-refractivity contribution in [3.05, 3.63) is 54.1 Å². The third-order valence-corrected chi connectivity index (χ3v) is 4.89. The Morgan fingerprint density at radius 3 is 2.58 bits per heavy atom. The summed E-state index contributed by atoms with van der Waals surface area (Å²) >= 11 is 0. The van der Waals surface area contributed by atoms with E-state index in [1.54, 1.807) is 7.11 Å². The highest BCUT2D eigenvalue weighted by Crippen LogP contribution is 2.23. The molecule has 0 bridgehead atoms. The van der Waals surface area contributed by atoms with Crippen LogP contribution in [0.4, 0.5) is 0 Å². The predicted molar refractivity (Wildman–Crippen MR) is 103 cm³/mol. The van der Waals surface area contributed by atoms with E-state index in [1.165, 1.54) is 37.9 Å². The molecule has 5 heteroatoms. The average molecular weight is 348 g/mol. The van der Waals surface area contributed by atoms with E-state index in [9.17, 15) is 0 Å². The number of benzene rings is 2. The first-order valence-electron chi connectivity index (χ1n) is 9.20. The van der Waals surface area contributed by atoms with Crippen molar-refractivity contribution in [2.45, 2.75) is 25.8 Å². The van der Waals surface area contributed by atoms with Gasteiger partial charge in [-0.2, -0.15) is 5.10 Å². The Kier molecular flexibility index (Phi) is 4.97. The van der Waals surface area contributed by atoms with Gasteiger partial charge in [0.15, 0.2) is 11.6 Å². The van der Waals surface area contributed by atoms with Gasteiger partial charge in [0.05, 0.1) is 7.11 Å². The first-order chi connectivity index (χ1) is 12.8. The molecule has 4 rings (SSSR count). The van der Waals surface area contributed by atoms with Gasteiger partial charge in [0.25, 0.3) is 0 Å². The molecule has 0 aliphatic carbocycles. The van der Waals surface area contributed by atoms with Gasteiger partial charge in [0, 0.05) is 17.7 Å². The highest BCUT2D eigenvalue weighted by molar-refractivity contribution is 5.62. The molecule has 0 spiro atoms. The molecular formula is C21H24N4O. The van der Waals surface area contributed by atoms with Gasteiger partial charge in [0.1, 0.15) is 5.75 Å². The van der Waals surface area contributed by atoms with Gasteiger partial charge in [-0.1, -0.05) is 24.6 Å². The second kappa shape index (κ2) is 7.70. The molecule has 134 valence electrons. The second-order valence-corrected chi connectivity index (χ2v) is 6.77. The highest BCUT2D eigenvalue weighted by atomic mass is 16.5. The number of aromatic nitrogens is 3. The minimum Gasteiger partial charge on any atom is -0.497 e. The van der Waals surface area contributed by atoms with Crippen molar-refractivity contribution in [3.63, 3.8) is 0 Å². The third-order valence-electron chi connectivity index (χ3n) is 4.89. The number of ether oxygens (including phenoxy) is 1. The van der Waals surface area contributed by atoms with E-state index in [0.29, 0.717) is 0 Å². The Labute approximate surface area is 154 Å². The largest absolute Gasteiger partial charge is 0.497 e. The molecule has 2 heterocycles. The SMILES string of the molecule is COc1ccc(-c2nc(-c3cccc(CN4CCCCC4)c3)n[nH]2)cc1. The number of rotatable bonds is 5. The molecule has 5 nitrogen and oxygen atoms in total. The minimum absolute atomic E-state index is 0.733. The van der Waals surface area contributed by atoms with Gasteiger partial charge < -0.3 is 4.74 Å². The first kappa shape index (κ1) is 16.8. The summed E-state index contributed by atoms with van der Waals surface area (Å²) in [5, 5.41) is 7.46. The first-order valence-corrected chi connectivity index (χ1v) is 9.20. The minimum atomic E-state index is 0.733. The number of aromatic amines is 1. The van der Waals surface area contributed by atoms with Crippen LogP contribution in [0.5, 0.6) is 5.75 Å². The van der Waals surface area contributed by atoms with Gasteiger partial charge in [0.2, 0.25) is 0 Å². The lowest BCUT2D eigenvalue weighted by molar-refractivity contribution is 0.221. The van der Waals surface area contributed by atoms with Crippen LogP contribution in [0.15, 0.2) is 48.5 Å². The molecule has 1 saturated heterocycles. The highest BCUT2D eigenvalue weighted by Gasteiger charge is 2.12. The number of nitrogens with one attached hydrogen (secondary N) is 1. The fourth-order valence-corrected chi connectivity index (χ4v) is 3.45. The van der Waals surface area contributed by atoms with Crippen LogP contribution in [0.1, 0.15) is 24.8 Å². The smallest absolute Gasteiger partial charge is 0.181 e. The number of methoxy groups -OCH3 is 1. The molecule has 0 radical (unpaired) electrons. The Hall–Kier alpha value is -2.66. The summed E-state index contributed by atoms with van der Waals surface area (Å²) < 4.78 is 5.20. The van der Waals surface area contributed by atoms with Gasteiger partial charge in [-0.25, -0.2) is 4.98 Å². The van der Waals surface area contributed by atoms with E-state index in [2.05, 4.69) is 44.3 Å². The number of hydrogen-bond donors (Lipinski definition) is 1. The fourth-order valence-electron chi connectivity index (χ4n) is 3.45. The molecule has 0 unspecified atom stereocenters. The van der Waals surface area contributed by atoms with Gasteiger partial charge >= 0.3 is 0 Å². The van der Waals surface area contributed by atoms with Crippen molar-refractivity contribution < 1.29 is 4.74 Å². The summed E-state index contributed by atoms with van der Waals surface area (Å²) in [6.07, 6.45) is 3.99. The lowest BCUT2D eigenvalue weighted by atomic mass is 10.1. The van der Waals surface area contributed by atoms with E-state index in [0.717, 1.165) is 35.1 Å². The van der Waals surface area contributed by atoms with Crippen molar-refractivity contribution in [1.82, 2.24) is 20.1 Å². The maximum Gasteiger partial charge on any atom is 0.181 e. The van der Waals surface area contributed by atoms with Gasteiger partial charge in [-0.3, -0.25) is 10.00 Å². The van der Waals surface area contributed by atoms with Crippen molar-refractivity contribution in [2.75, 3.05) is 20.2 Å². The molecule has 0 saturated carbocycles. The molecule has 1 N–H and O–H groups in total. The number of piperidine rings is 1. The van der Waals surface area contributed by atoms with Crippen LogP contribution in [0, 0.1) is 0 Å². The third kappa shape index (κ3) is 3.78. The second-order valence-electron chi connectivity index (χ2n) is 6.77. The lowest BCUT2D eigenvalue weighted by Crippen LogP contribution is -2.29. The summed E-state index contributed by atoms with van der Waals surface area (Å²) in [6.45, 7) is 3.41. The van der Waals surface area contributed by atoms with E-state index in [4.69, 9.17) is 4.74 Å². The average Bonchev–Trinajstić information content (AvgIpc) is 3.19. The molecule has 1 fully saturated rings. The lowest BCUT2D eigenvalue weighted by Gasteiger charge is -2.26. The normalized spacial score (nSPS) is 15.1. The number of likely N-dealkylation sites (tertiary alicyclic amines) is 1. The van der Waals surface area contributed by atoms with Crippen LogP contribution < -0.4 is 4.74 Å². The number of hydrogen-bond acceptors (Lipinski definition) is 4. The van der Waals surface area contributed by atoms with E-state index in [1.807, 2.05) is 24.3 Å². The monoisotopic (exact) mass is 348 g/mol. The molecular weight excluding hydrogens is 324 g/mol. The Balaban J connectivity index is 1.52.